The number of rotatable bonds is 3. The molecule has 3 rings (SSSR count). The van der Waals surface area contributed by atoms with E-state index in [1.54, 1.807) is 6.08 Å². The standard InChI is InChI=1S/C22H30N2O2/c1-17-5-3-7-19(15-17)8-9-21(25)23-13-10-20(11-14-23)22(26)24-12-4-6-18(2)16-24/h3,5,7-9,15,18,20H,4,6,10-14,16H2,1-2H3/b9-8+/t18-/m0/s1. The fraction of sp³-hybridized carbons (Fsp3) is 0.545. The van der Waals surface area contributed by atoms with E-state index in [2.05, 4.69) is 13.0 Å². The Labute approximate surface area is 156 Å². The summed E-state index contributed by atoms with van der Waals surface area (Å²) in [5, 5.41) is 0. The van der Waals surface area contributed by atoms with Gasteiger partial charge in [0, 0.05) is 38.2 Å². The minimum atomic E-state index is 0.0454. The lowest BCUT2D eigenvalue weighted by molar-refractivity contribution is -0.140. The molecule has 2 amide bonds. The number of amides is 2. The van der Waals surface area contributed by atoms with Gasteiger partial charge < -0.3 is 9.80 Å². The SMILES string of the molecule is Cc1cccc(/C=C/C(=O)N2CCC(C(=O)N3CCC[C@H](C)C3)CC2)c1. The Bertz CT molecular complexity index is 674. The number of benzene rings is 1. The molecule has 0 bridgehead atoms. The van der Waals surface area contributed by atoms with Crippen LogP contribution in [-0.4, -0.2) is 47.8 Å². The van der Waals surface area contributed by atoms with Gasteiger partial charge in [0.15, 0.2) is 0 Å². The normalized spacial score (nSPS) is 22.0. The number of piperidine rings is 2. The Morgan fingerprint density at radius 2 is 1.85 bits per heavy atom. The van der Waals surface area contributed by atoms with Gasteiger partial charge in [0.1, 0.15) is 0 Å². The molecule has 2 fully saturated rings. The predicted molar refractivity (Wildman–Crippen MR) is 104 cm³/mol. The van der Waals surface area contributed by atoms with Crippen molar-refractivity contribution in [2.24, 2.45) is 11.8 Å². The number of hydrogen-bond donors (Lipinski definition) is 0. The Balaban J connectivity index is 1.50. The molecule has 2 heterocycles. The van der Waals surface area contributed by atoms with Gasteiger partial charge in [-0.05, 0) is 50.2 Å². The Morgan fingerprint density at radius 1 is 1.08 bits per heavy atom. The maximum atomic E-state index is 12.7. The summed E-state index contributed by atoms with van der Waals surface area (Å²) < 4.78 is 0. The first-order valence-electron chi connectivity index (χ1n) is 9.85. The van der Waals surface area contributed by atoms with Crippen molar-refractivity contribution in [3.8, 4) is 0 Å². The van der Waals surface area contributed by atoms with Crippen LogP contribution in [-0.2, 0) is 9.59 Å². The van der Waals surface area contributed by atoms with Crippen LogP contribution in [0.25, 0.3) is 6.08 Å². The van der Waals surface area contributed by atoms with Gasteiger partial charge in [-0.1, -0.05) is 36.8 Å². The molecule has 0 aliphatic carbocycles. The van der Waals surface area contributed by atoms with E-state index in [1.807, 2.05) is 41.0 Å². The van der Waals surface area contributed by atoms with Gasteiger partial charge in [0.2, 0.25) is 11.8 Å². The van der Waals surface area contributed by atoms with E-state index in [4.69, 9.17) is 0 Å². The van der Waals surface area contributed by atoms with Gasteiger partial charge in [-0.2, -0.15) is 0 Å². The van der Waals surface area contributed by atoms with E-state index >= 15 is 0 Å². The Kier molecular flexibility index (Phi) is 6.12. The van der Waals surface area contributed by atoms with Crippen molar-refractivity contribution in [2.75, 3.05) is 26.2 Å². The zero-order valence-electron chi connectivity index (χ0n) is 16.0. The third kappa shape index (κ3) is 4.75. The van der Waals surface area contributed by atoms with Crippen LogP contribution in [0.4, 0.5) is 0 Å². The minimum Gasteiger partial charge on any atom is -0.342 e. The van der Waals surface area contributed by atoms with Gasteiger partial charge in [-0.15, -0.1) is 0 Å². The molecule has 0 spiro atoms. The topological polar surface area (TPSA) is 40.6 Å². The summed E-state index contributed by atoms with van der Waals surface area (Å²) in [6.07, 6.45) is 7.45. The smallest absolute Gasteiger partial charge is 0.246 e. The van der Waals surface area contributed by atoms with Crippen LogP contribution in [0.15, 0.2) is 30.3 Å². The van der Waals surface area contributed by atoms with Crippen LogP contribution >= 0.6 is 0 Å². The van der Waals surface area contributed by atoms with Crippen molar-refractivity contribution in [1.29, 1.82) is 0 Å². The highest BCUT2D eigenvalue weighted by molar-refractivity contribution is 5.92. The molecular formula is C22H30N2O2. The number of carbonyl (C=O) groups excluding carboxylic acids is 2. The first kappa shape index (κ1) is 18.7. The van der Waals surface area contributed by atoms with Gasteiger partial charge in [-0.3, -0.25) is 9.59 Å². The van der Waals surface area contributed by atoms with Crippen LogP contribution in [0.3, 0.4) is 0 Å². The Hall–Kier alpha value is -2.10. The van der Waals surface area contributed by atoms with Crippen molar-refractivity contribution in [3.63, 3.8) is 0 Å². The van der Waals surface area contributed by atoms with Crippen LogP contribution in [0.2, 0.25) is 0 Å². The van der Waals surface area contributed by atoms with Crippen LogP contribution < -0.4 is 0 Å². The molecule has 0 unspecified atom stereocenters. The number of nitrogens with zero attached hydrogens (tertiary/aromatic N) is 2. The van der Waals surface area contributed by atoms with E-state index in [9.17, 15) is 9.59 Å². The zero-order chi connectivity index (χ0) is 18.5. The third-order valence-corrected chi connectivity index (χ3v) is 5.59. The molecule has 2 aliphatic rings. The van der Waals surface area contributed by atoms with Crippen LogP contribution in [0.5, 0.6) is 0 Å². The number of aryl methyl sites for hydroxylation is 1. The molecule has 26 heavy (non-hydrogen) atoms. The first-order valence-corrected chi connectivity index (χ1v) is 9.85. The highest BCUT2D eigenvalue weighted by Gasteiger charge is 2.31. The fourth-order valence-corrected chi connectivity index (χ4v) is 4.04. The van der Waals surface area contributed by atoms with Gasteiger partial charge in [-0.25, -0.2) is 0 Å². The molecule has 1 aromatic rings. The molecular weight excluding hydrogens is 324 g/mol. The molecule has 0 radical (unpaired) electrons. The van der Waals surface area contributed by atoms with E-state index < -0.39 is 0 Å². The van der Waals surface area contributed by atoms with Crippen molar-refractivity contribution in [3.05, 3.63) is 41.5 Å². The molecule has 0 saturated carbocycles. The second-order valence-corrected chi connectivity index (χ2v) is 7.88. The zero-order valence-corrected chi connectivity index (χ0v) is 16.0. The summed E-state index contributed by atoms with van der Waals surface area (Å²) in [5.74, 6) is 1.05. The molecule has 4 heteroatoms. The fourth-order valence-electron chi connectivity index (χ4n) is 4.04. The van der Waals surface area contributed by atoms with E-state index in [1.165, 1.54) is 12.0 Å². The predicted octanol–water partition coefficient (Wildman–Crippen LogP) is 3.51. The second kappa shape index (κ2) is 8.52. The lowest BCUT2D eigenvalue weighted by Crippen LogP contribution is -2.46. The highest BCUT2D eigenvalue weighted by Crippen LogP contribution is 2.23. The molecule has 0 aromatic heterocycles. The lowest BCUT2D eigenvalue weighted by Gasteiger charge is -2.37. The summed E-state index contributed by atoms with van der Waals surface area (Å²) >= 11 is 0. The number of likely N-dealkylation sites (tertiary alicyclic amines) is 2. The minimum absolute atomic E-state index is 0.0454. The monoisotopic (exact) mass is 354 g/mol. The van der Waals surface area contributed by atoms with E-state index in [0.29, 0.717) is 24.9 Å². The van der Waals surface area contributed by atoms with Gasteiger partial charge >= 0.3 is 0 Å². The Morgan fingerprint density at radius 3 is 2.54 bits per heavy atom. The first-order chi connectivity index (χ1) is 12.5. The summed E-state index contributed by atoms with van der Waals surface area (Å²) in [6.45, 7) is 7.43. The van der Waals surface area contributed by atoms with Crippen molar-refractivity contribution in [1.82, 2.24) is 9.80 Å². The van der Waals surface area contributed by atoms with Crippen LogP contribution in [0.1, 0.15) is 43.7 Å². The van der Waals surface area contributed by atoms with E-state index in [0.717, 1.165) is 37.9 Å². The molecule has 2 aliphatic heterocycles. The quantitative estimate of drug-likeness (QED) is 0.780. The average Bonchev–Trinajstić information content (AvgIpc) is 2.66. The summed E-state index contributed by atoms with van der Waals surface area (Å²) in [4.78, 5) is 29.1. The average molecular weight is 354 g/mol. The third-order valence-electron chi connectivity index (χ3n) is 5.59. The van der Waals surface area contributed by atoms with Gasteiger partial charge in [0.25, 0.3) is 0 Å². The number of carbonyl (C=O) groups is 2. The summed E-state index contributed by atoms with van der Waals surface area (Å²) in [6, 6.07) is 8.11. The molecule has 4 nitrogen and oxygen atoms in total. The highest BCUT2D eigenvalue weighted by atomic mass is 16.2. The van der Waals surface area contributed by atoms with Crippen molar-refractivity contribution < 1.29 is 9.59 Å². The maximum Gasteiger partial charge on any atom is 0.246 e. The summed E-state index contributed by atoms with van der Waals surface area (Å²) in [5.41, 5.74) is 2.23. The molecule has 0 N–H and O–H groups in total. The lowest BCUT2D eigenvalue weighted by atomic mass is 9.92. The summed E-state index contributed by atoms with van der Waals surface area (Å²) in [7, 11) is 0. The van der Waals surface area contributed by atoms with Crippen LogP contribution in [0, 0.1) is 18.8 Å². The largest absolute Gasteiger partial charge is 0.342 e. The van der Waals surface area contributed by atoms with Crippen molar-refractivity contribution in [2.45, 2.75) is 39.5 Å². The molecule has 140 valence electrons. The second-order valence-electron chi connectivity index (χ2n) is 7.88. The molecule has 2 saturated heterocycles. The maximum absolute atomic E-state index is 12.7. The van der Waals surface area contributed by atoms with Gasteiger partial charge in [0.05, 0.1) is 0 Å². The van der Waals surface area contributed by atoms with Crippen molar-refractivity contribution >= 4 is 17.9 Å². The van der Waals surface area contributed by atoms with E-state index in [-0.39, 0.29) is 11.8 Å². The molecule has 1 atom stereocenters. The molecule has 1 aromatic carbocycles. The number of hydrogen-bond acceptors (Lipinski definition) is 2.